The lowest BCUT2D eigenvalue weighted by Gasteiger charge is -2.17. The fraction of sp³-hybridized carbons (Fsp3) is 0.333. The van der Waals surface area contributed by atoms with Gasteiger partial charge in [-0.25, -0.2) is 14.2 Å². The number of fused-ring (bicyclic) bond motifs is 1. The van der Waals surface area contributed by atoms with Crippen molar-refractivity contribution in [1.82, 2.24) is 10.3 Å². The predicted molar refractivity (Wildman–Crippen MR) is 148 cm³/mol. The molecule has 0 radical (unpaired) electrons. The third kappa shape index (κ3) is 9.57. The van der Waals surface area contributed by atoms with Gasteiger partial charge in [0, 0.05) is 30.8 Å². The number of hydrogen-bond acceptors (Lipinski definition) is 5. The molecule has 3 aromatic rings. The first kappa shape index (κ1) is 32.0. The molecule has 4 N–H and O–H groups in total. The second-order valence-corrected chi connectivity index (χ2v) is 9.65. The van der Waals surface area contributed by atoms with Crippen molar-refractivity contribution in [2.75, 3.05) is 18.4 Å². The summed E-state index contributed by atoms with van der Waals surface area (Å²) in [6.45, 7) is 0.862. The molecule has 0 spiro atoms. The smallest absolute Gasteiger partial charge is 0.481 e. The number of nitrogens with one attached hydrogen (secondary N) is 2. The van der Waals surface area contributed by atoms with Gasteiger partial charge in [-0.05, 0) is 60.9 Å². The van der Waals surface area contributed by atoms with Crippen LogP contribution in [0, 0.1) is 5.82 Å². The molecule has 0 saturated carbocycles. The number of unbranched alkanes of at least 4 members (excludes halogenated alkanes) is 1. The average molecular weight is 590 g/mol. The number of aryl methyl sites for hydroxylation is 2. The van der Waals surface area contributed by atoms with Gasteiger partial charge in [0.2, 0.25) is 5.91 Å². The van der Waals surface area contributed by atoms with E-state index in [2.05, 4.69) is 21.7 Å². The lowest BCUT2D eigenvalue weighted by atomic mass is 9.95. The van der Waals surface area contributed by atoms with E-state index in [1.807, 2.05) is 24.3 Å². The number of carboxylic acids is 2. The van der Waals surface area contributed by atoms with Crippen molar-refractivity contribution in [3.8, 4) is 11.1 Å². The molecular formula is C30H31F4N3O5. The maximum atomic E-state index is 14.7. The Morgan fingerprint density at radius 3 is 2.36 bits per heavy atom. The highest BCUT2D eigenvalue weighted by atomic mass is 19.4. The van der Waals surface area contributed by atoms with Crippen LogP contribution in [-0.2, 0) is 27.2 Å². The topological polar surface area (TPSA) is 129 Å². The molecule has 0 aliphatic carbocycles. The van der Waals surface area contributed by atoms with Crippen LogP contribution < -0.4 is 10.6 Å². The molecule has 1 amide bonds. The molecule has 1 aliphatic rings. The molecule has 0 saturated heterocycles. The van der Waals surface area contributed by atoms with Crippen LogP contribution in [0.2, 0.25) is 0 Å². The Morgan fingerprint density at radius 1 is 1.00 bits per heavy atom. The quantitative estimate of drug-likeness (QED) is 0.180. The predicted octanol–water partition coefficient (Wildman–Crippen LogP) is 5.58. The number of hydrogen-bond donors (Lipinski definition) is 4. The van der Waals surface area contributed by atoms with Gasteiger partial charge >= 0.3 is 18.1 Å². The van der Waals surface area contributed by atoms with Crippen LogP contribution in [0.3, 0.4) is 0 Å². The summed E-state index contributed by atoms with van der Waals surface area (Å²) in [6.07, 6.45) is -0.329. The Bertz CT molecular complexity index is 1380. The molecule has 2 heterocycles. The Kier molecular flexibility index (Phi) is 11.4. The van der Waals surface area contributed by atoms with Crippen molar-refractivity contribution in [3.63, 3.8) is 0 Å². The number of rotatable bonds is 10. The van der Waals surface area contributed by atoms with E-state index in [1.165, 1.54) is 11.6 Å². The molecule has 0 unspecified atom stereocenters. The number of aromatic nitrogens is 1. The first-order chi connectivity index (χ1) is 20.0. The summed E-state index contributed by atoms with van der Waals surface area (Å²) in [6, 6.07) is 17.7. The van der Waals surface area contributed by atoms with Gasteiger partial charge in [-0.3, -0.25) is 9.59 Å². The molecule has 0 bridgehead atoms. The zero-order valence-electron chi connectivity index (χ0n) is 22.6. The summed E-state index contributed by atoms with van der Waals surface area (Å²) in [7, 11) is 0. The lowest BCUT2D eigenvalue weighted by molar-refractivity contribution is -0.192. The summed E-state index contributed by atoms with van der Waals surface area (Å²) < 4.78 is 46.4. The highest BCUT2D eigenvalue weighted by molar-refractivity contribution is 5.80. The van der Waals surface area contributed by atoms with E-state index < -0.39 is 29.9 Å². The van der Waals surface area contributed by atoms with Gasteiger partial charge < -0.3 is 20.8 Å². The molecule has 224 valence electrons. The van der Waals surface area contributed by atoms with Crippen LogP contribution in [0.5, 0.6) is 0 Å². The number of benzene rings is 2. The van der Waals surface area contributed by atoms with E-state index in [-0.39, 0.29) is 12.5 Å². The normalized spacial score (nSPS) is 13.0. The zero-order valence-corrected chi connectivity index (χ0v) is 22.6. The number of aliphatic carboxylic acids is 2. The third-order valence-corrected chi connectivity index (χ3v) is 6.56. The molecule has 12 heteroatoms. The molecule has 0 fully saturated rings. The maximum Gasteiger partial charge on any atom is 0.490 e. The summed E-state index contributed by atoms with van der Waals surface area (Å²) in [5, 5.41) is 22.8. The number of alkyl halides is 3. The molecule has 2 aromatic carbocycles. The molecule has 1 atom stereocenters. The Balaban J connectivity index is 0.000000616. The lowest BCUT2D eigenvalue weighted by Crippen LogP contribution is -2.31. The SMILES string of the molecule is O=C(CCCCc1ccc2c(n1)NCCC2)NC[C@@H](C(=O)O)c1ccc(-c2ccccc2)c(F)c1.O=C(O)C(F)(F)F. The Morgan fingerprint density at radius 2 is 1.71 bits per heavy atom. The Labute approximate surface area is 239 Å². The van der Waals surface area contributed by atoms with Crippen LogP contribution in [0.1, 0.15) is 48.4 Å². The number of anilines is 1. The summed E-state index contributed by atoms with van der Waals surface area (Å²) in [4.78, 5) is 37.7. The second-order valence-electron chi connectivity index (χ2n) is 9.65. The van der Waals surface area contributed by atoms with Gasteiger partial charge in [0.1, 0.15) is 11.6 Å². The minimum absolute atomic E-state index is 0.0870. The summed E-state index contributed by atoms with van der Waals surface area (Å²) in [5.41, 5.74) is 3.71. The van der Waals surface area contributed by atoms with Crippen molar-refractivity contribution in [3.05, 3.63) is 83.3 Å². The van der Waals surface area contributed by atoms with E-state index in [1.54, 1.807) is 24.3 Å². The van der Waals surface area contributed by atoms with Crippen LogP contribution in [0.15, 0.2) is 60.7 Å². The van der Waals surface area contributed by atoms with Crippen molar-refractivity contribution >= 4 is 23.7 Å². The molecule has 42 heavy (non-hydrogen) atoms. The monoisotopic (exact) mass is 589 g/mol. The average Bonchev–Trinajstić information content (AvgIpc) is 2.95. The van der Waals surface area contributed by atoms with Crippen LogP contribution in [-0.4, -0.2) is 52.3 Å². The molecule has 1 aromatic heterocycles. The number of carboxylic acid groups (broad SMARTS) is 2. The minimum atomic E-state index is -5.08. The van der Waals surface area contributed by atoms with Crippen molar-refractivity contribution in [1.29, 1.82) is 0 Å². The second kappa shape index (κ2) is 14.9. The minimum Gasteiger partial charge on any atom is -0.481 e. The fourth-order valence-corrected chi connectivity index (χ4v) is 4.35. The van der Waals surface area contributed by atoms with Crippen molar-refractivity contribution in [2.24, 2.45) is 0 Å². The van der Waals surface area contributed by atoms with Gasteiger partial charge in [0.25, 0.3) is 0 Å². The van der Waals surface area contributed by atoms with E-state index in [9.17, 15) is 32.3 Å². The highest BCUT2D eigenvalue weighted by Gasteiger charge is 2.38. The molecule has 8 nitrogen and oxygen atoms in total. The largest absolute Gasteiger partial charge is 0.490 e. The number of amides is 1. The molecular weight excluding hydrogens is 558 g/mol. The van der Waals surface area contributed by atoms with E-state index in [0.717, 1.165) is 49.3 Å². The van der Waals surface area contributed by atoms with Crippen molar-refractivity contribution < 1.29 is 42.2 Å². The maximum absolute atomic E-state index is 14.7. The number of pyridine rings is 1. The van der Waals surface area contributed by atoms with E-state index in [4.69, 9.17) is 9.90 Å². The van der Waals surface area contributed by atoms with Crippen LogP contribution >= 0.6 is 0 Å². The standard InChI is InChI=1S/C28H30FN3O3.C2HF3O2/c29-25-17-21(13-15-23(25)19-7-2-1-3-8-19)24(28(34)35)18-31-26(33)11-5-4-10-22-14-12-20-9-6-16-30-27(20)32-22;3-2(4,5)1(6)7/h1-3,7-8,12-15,17,24H,4-6,9-11,16,18H2,(H,30,32)(H,31,33)(H,34,35);(H,6,7)/t24-;/m1./s1. The van der Waals surface area contributed by atoms with Crippen molar-refractivity contribution in [2.45, 2.75) is 50.6 Å². The van der Waals surface area contributed by atoms with Gasteiger partial charge in [0.05, 0.1) is 5.92 Å². The van der Waals surface area contributed by atoms with Gasteiger partial charge in [-0.2, -0.15) is 13.2 Å². The summed E-state index contributed by atoms with van der Waals surface area (Å²) in [5.74, 6) is -4.61. The van der Waals surface area contributed by atoms with Gasteiger partial charge in [-0.1, -0.05) is 48.5 Å². The van der Waals surface area contributed by atoms with E-state index in [0.29, 0.717) is 24.0 Å². The number of nitrogens with zero attached hydrogens (tertiary/aromatic N) is 1. The third-order valence-electron chi connectivity index (χ3n) is 6.56. The van der Waals surface area contributed by atoms with Crippen LogP contribution in [0.25, 0.3) is 11.1 Å². The fourth-order valence-electron chi connectivity index (χ4n) is 4.35. The highest BCUT2D eigenvalue weighted by Crippen LogP contribution is 2.26. The summed E-state index contributed by atoms with van der Waals surface area (Å²) >= 11 is 0. The zero-order chi connectivity index (χ0) is 30.7. The van der Waals surface area contributed by atoms with Gasteiger partial charge in [0.15, 0.2) is 0 Å². The number of carbonyl (C=O) groups excluding carboxylic acids is 1. The Hall–Kier alpha value is -4.48. The molecule has 1 aliphatic heterocycles. The first-order valence-electron chi connectivity index (χ1n) is 13.3. The number of halogens is 4. The van der Waals surface area contributed by atoms with E-state index >= 15 is 0 Å². The molecule has 4 rings (SSSR count). The first-order valence-corrected chi connectivity index (χ1v) is 13.3. The number of carbonyl (C=O) groups is 3. The van der Waals surface area contributed by atoms with Gasteiger partial charge in [-0.15, -0.1) is 0 Å². The van der Waals surface area contributed by atoms with Crippen LogP contribution in [0.4, 0.5) is 23.4 Å².